The van der Waals surface area contributed by atoms with E-state index in [2.05, 4.69) is 4.98 Å². The summed E-state index contributed by atoms with van der Waals surface area (Å²) in [6.45, 7) is 0. The Labute approximate surface area is 73.0 Å². The van der Waals surface area contributed by atoms with Crippen LogP contribution in [-0.4, -0.2) is 18.4 Å². The second-order valence-electron chi connectivity index (χ2n) is 1.83. The van der Waals surface area contributed by atoms with Crippen LogP contribution in [0.15, 0.2) is 24.4 Å². The van der Waals surface area contributed by atoms with Gasteiger partial charge in [-0.15, -0.1) is 0 Å². The predicted octanol–water partition coefficient (Wildman–Crippen LogP) is 1.06. The van der Waals surface area contributed by atoms with Gasteiger partial charge in [0.2, 0.25) is 0 Å². The minimum absolute atomic E-state index is 0.303. The van der Waals surface area contributed by atoms with Gasteiger partial charge in [0.1, 0.15) is 5.69 Å². The second kappa shape index (κ2) is 6.04. The van der Waals surface area contributed by atoms with Crippen molar-refractivity contribution in [1.29, 1.82) is 0 Å². The zero-order valence-corrected chi connectivity index (χ0v) is 6.45. The molecule has 0 spiro atoms. The number of hydrogen-bond donors (Lipinski definition) is 1. The minimum Gasteiger partial charge on any atom is -0.364 e. The van der Waals surface area contributed by atoms with Gasteiger partial charge in [-0.05, 0) is 12.1 Å². The lowest BCUT2D eigenvalue weighted by Gasteiger charge is -1.88. The van der Waals surface area contributed by atoms with Crippen LogP contribution in [0.2, 0.25) is 0 Å². The summed E-state index contributed by atoms with van der Waals surface area (Å²) >= 11 is 0. The molecule has 0 aliphatic rings. The van der Waals surface area contributed by atoms with Crippen LogP contribution < -0.4 is 5.73 Å². The maximum atomic E-state index is 10.4. The lowest BCUT2D eigenvalue weighted by atomic mass is 10.3. The Morgan fingerprint density at radius 1 is 1.38 bits per heavy atom. The third kappa shape index (κ3) is 6.86. The largest absolute Gasteiger partial charge is 0.762 e. The van der Waals surface area contributed by atoms with Crippen molar-refractivity contribution in [2.24, 2.45) is 5.73 Å². The van der Waals surface area contributed by atoms with Crippen LogP contribution in [0.3, 0.4) is 0 Å². The van der Waals surface area contributed by atoms with Crippen molar-refractivity contribution >= 4 is 13.5 Å². The average Bonchev–Trinajstić information content (AvgIpc) is 2.05. The van der Waals surface area contributed by atoms with Crippen molar-refractivity contribution < 1.29 is 17.7 Å². The SMILES string of the molecule is FB(F)F.NC(=O)c1ccccn1. The van der Waals surface area contributed by atoms with E-state index >= 15 is 0 Å². The van der Waals surface area contributed by atoms with Crippen molar-refractivity contribution in [2.75, 3.05) is 0 Å². The molecule has 70 valence electrons. The summed E-state index contributed by atoms with van der Waals surface area (Å²) in [6.07, 6.45) is 1.53. The summed E-state index contributed by atoms with van der Waals surface area (Å²) in [4.78, 5) is 14.1. The van der Waals surface area contributed by atoms with Crippen molar-refractivity contribution in [2.45, 2.75) is 0 Å². The number of carbonyl (C=O) groups is 1. The zero-order chi connectivity index (χ0) is 10.3. The Morgan fingerprint density at radius 3 is 2.15 bits per heavy atom. The third-order valence-corrected chi connectivity index (χ3v) is 0.917. The number of nitrogens with zero attached hydrogens (tertiary/aromatic N) is 1. The van der Waals surface area contributed by atoms with E-state index in [1.807, 2.05) is 0 Å². The summed E-state index contributed by atoms with van der Waals surface area (Å²) in [5.41, 5.74) is 5.22. The van der Waals surface area contributed by atoms with Crippen LogP contribution in [0, 0.1) is 0 Å². The Bertz CT molecular complexity index is 255. The number of amides is 1. The normalized spacial score (nSPS) is 8.23. The number of hydrogen-bond acceptors (Lipinski definition) is 2. The maximum absolute atomic E-state index is 10.4. The first-order valence-electron chi connectivity index (χ1n) is 3.17. The Hall–Kier alpha value is -1.53. The first kappa shape index (κ1) is 11.5. The number of pyridine rings is 1. The summed E-state index contributed by atoms with van der Waals surface area (Å²) < 4.78 is 29.0. The molecular formula is C6H6BF3N2O. The molecule has 1 aromatic heterocycles. The summed E-state index contributed by atoms with van der Waals surface area (Å²) in [5.74, 6) is -0.490. The van der Waals surface area contributed by atoms with E-state index in [-0.39, 0.29) is 0 Å². The minimum atomic E-state index is -3.67. The van der Waals surface area contributed by atoms with Gasteiger partial charge in [-0.2, -0.15) is 0 Å². The van der Waals surface area contributed by atoms with Crippen molar-refractivity contribution in [3.8, 4) is 0 Å². The van der Waals surface area contributed by atoms with Crippen molar-refractivity contribution in [3.63, 3.8) is 0 Å². The molecule has 7 heteroatoms. The fraction of sp³-hybridized carbons (Fsp3) is 0. The van der Waals surface area contributed by atoms with Crippen LogP contribution in [0.25, 0.3) is 0 Å². The van der Waals surface area contributed by atoms with Crippen LogP contribution in [-0.2, 0) is 0 Å². The second-order valence-corrected chi connectivity index (χ2v) is 1.83. The van der Waals surface area contributed by atoms with Gasteiger partial charge >= 0.3 is 7.54 Å². The van der Waals surface area contributed by atoms with Gasteiger partial charge in [0, 0.05) is 6.20 Å². The Balaban J connectivity index is 0.000000310. The highest BCUT2D eigenvalue weighted by Crippen LogP contribution is 1.89. The van der Waals surface area contributed by atoms with Gasteiger partial charge in [0.15, 0.2) is 0 Å². The zero-order valence-electron chi connectivity index (χ0n) is 6.45. The van der Waals surface area contributed by atoms with E-state index in [4.69, 9.17) is 5.73 Å². The number of nitrogens with two attached hydrogens (primary N) is 1. The highest BCUT2D eigenvalue weighted by atomic mass is 19.4. The molecule has 1 aromatic rings. The fourth-order valence-corrected chi connectivity index (χ4v) is 0.509. The molecule has 0 bridgehead atoms. The van der Waals surface area contributed by atoms with Crippen LogP contribution >= 0.6 is 0 Å². The van der Waals surface area contributed by atoms with E-state index in [1.165, 1.54) is 6.20 Å². The molecule has 2 N–H and O–H groups in total. The molecule has 3 nitrogen and oxygen atoms in total. The number of rotatable bonds is 1. The lowest BCUT2D eigenvalue weighted by Crippen LogP contribution is -2.12. The smallest absolute Gasteiger partial charge is 0.364 e. The molecule has 1 heterocycles. The summed E-state index contributed by atoms with van der Waals surface area (Å²) in [7, 11) is -3.67. The number of halogens is 3. The average molecular weight is 190 g/mol. The van der Waals surface area contributed by atoms with Crippen LogP contribution in [0.4, 0.5) is 12.9 Å². The van der Waals surface area contributed by atoms with Crippen molar-refractivity contribution in [3.05, 3.63) is 30.1 Å². The first-order chi connectivity index (χ1) is 6.04. The van der Waals surface area contributed by atoms with E-state index < -0.39 is 13.5 Å². The molecule has 1 rings (SSSR count). The van der Waals surface area contributed by atoms with Gasteiger partial charge in [0.05, 0.1) is 0 Å². The van der Waals surface area contributed by atoms with Crippen LogP contribution in [0.1, 0.15) is 10.5 Å². The molecule has 0 saturated heterocycles. The van der Waals surface area contributed by atoms with E-state index in [0.29, 0.717) is 5.69 Å². The third-order valence-electron chi connectivity index (χ3n) is 0.917. The fourth-order valence-electron chi connectivity index (χ4n) is 0.509. The topological polar surface area (TPSA) is 56.0 Å². The highest BCUT2D eigenvalue weighted by molar-refractivity contribution is 6.33. The summed E-state index contributed by atoms with van der Waals surface area (Å²) in [6, 6.07) is 5.02. The summed E-state index contributed by atoms with van der Waals surface area (Å²) in [5, 5.41) is 0. The number of carbonyl (C=O) groups excluding carboxylic acids is 1. The lowest BCUT2D eigenvalue weighted by molar-refractivity contribution is 0.0995. The van der Waals surface area contributed by atoms with E-state index in [1.54, 1.807) is 18.2 Å². The molecule has 0 aromatic carbocycles. The van der Waals surface area contributed by atoms with Crippen molar-refractivity contribution in [1.82, 2.24) is 4.98 Å². The van der Waals surface area contributed by atoms with Gasteiger partial charge in [0.25, 0.3) is 5.91 Å². The number of aromatic nitrogens is 1. The monoisotopic (exact) mass is 190 g/mol. The quantitative estimate of drug-likeness (QED) is 0.673. The molecular weight excluding hydrogens is 184 g/mol. The molecule has 13 heavy (non-hydrogen) atoms. The molecule has 0 aliphatic carbocycles. The van der Waals surface area contributed by atoms with Gasteiger partial charge in [-0.1, -0.05) is 6.07 Å². The first-order valence-corrected chi connectivity index (χ1v) is 3.17. The van der Waals surface area contributed by atoms with Gasteiger partial charge < -0.3 is 5.73 Å². The molecule has 0 aliphatic heterocycles. The van der Waals surface area contributed by atoms with E-state index in [0.717, 1.165) is 0 Å². The Kier molecular flexibility index (Phi) is 5.33. The predicted molar refractivity (Wildman–Crippen MR) is 41.8 cm³/mol. The Morgan fingerprint density at radius 2 is 1.92 bits per heavy atom. The molecule has 0 saturated carbocycles. The van der Waals surface area contributed by atoms with Gasteiger partial charge in [-0.3, -0.25) is 22.7 Å². The molecule has 0 unspecified atom stereocenters. The standard InChI is InChI=1S/C6H6N2O.BF3/c7-6(9)5-3-1-2-4-8-5;2-1(3)4/h1-4H,(H2,7,9);. The number of primary amides is 1. The molecule has 0 atom stereocenters. The van der Waals surface area contributed by atoms with E-state index in [9.17, 15) is 17.7 Å². The molecule has 0 radical (unpaired) electrons. The highest BCUT2D eigenvalue weighted by Gasteiger charge is 2.06. The maximum Gasteiger partial charge on any atom is 0.762 e. The van der Waals surface area contributed by atoms with Crippen LogP contribution in [0.5, 0.6) is 0 Å². The molecule has 0 fully saturated rings. The van der Waals surface area contributed by atoms with Gasteiger partial charge in [-0.25, -0.2) is 0 Å². The molecule has 1 amide bonds.